The molecule has 29 valence electrons. The van der Waals surface area contributed by atoms with Gasteiger partial charge in [0, 0.05) is 0 Å². The van der Waals surface area contributed by atoms with E-state index >= 15 is 0 Å². The molecule has 0 heterocycles. The maximum atomic E-state index is 9.25. The highest BCUT2D eigenvalue weighted by Gasteiger charge is 1.87. The summed E-state index contributed by atoms with van der Waals surface area (Å²) in [7, 11) is 0. The van der Waals surface area contributed by atoms with Crippen LogP contribution in [-0.2, 0) is 9.90 Å². The van der Waals surface area contributed by atoms with Crippen LogP contribution < -0.4 is 0 Å². The van der Waals surface area contributed by atoms with Crippen molar-refractivity contribution in [2.24, 2.45) is 0 Å². The normalized spacial score (nSPS) is 7.40. The monoisotopic (exact) mass is 185 g/mol. The lowest BCUT2D eigenvalue weighted by Crippen LogP contribution is -1.89. The smallest absolute Gasteiger partial charge is 0.247 e. The highest BCUT2D eigenvalue weighted by Crippen LogP contribution is 1.76. The fraction of sp³-hybridized carbons (Fsp3) is 0.500. The van der Waals surface area contributed by atoms with E-state index in [0.29, 0.717) is 0 Å². The van der Waals surface area contributed by atoms with Crippen molar-refractivity contribution in [2.45, 2.75) is 0 Å². The first-order valence-corrected chi connectivity index (χ1v) is 2.55. The molecule has 0 N–H and O–H groups in total. The zero-order valence-corrected chi connectivity index (χ0v) is 4.56. The highest BCUT2D eigenvalue weighted by molar-refractivity contribution is 14.1. The van der Waals surface area contributed by atoms with Crippen molar-refractivity contribution >= 4 is 28.6 Å². The first-order valence-electron chi connectivity index (χ1n) is 1.03. The number of carbonyl (C=O) groups is 1. The van der Waals surface area contributed by atoms with Crippen molar-refractivity contribution in [1.82, 2.24) is 0 Å². The van der Waals surface area contributed by atoms with Crippen molar-refractivity contribution in [2.75, 3.05) is 4.43 Å². The van der Waals surface area contributed by atoms with Gasteiger partial charge in [0.15, 0.2) is 0 Å². The fourth-order valence-corrected chi connectivity index (χ4v) is 0. The second-order valence-electron chi connectivity index (χ2n) is 0.506. The van der Waals surface area contributed by atoms with Gasteiger partial charge in [0.2, 0.25) is 0 Å². The Morgan fingerprint density at radius 1 is 1.80 bits per heavy atom. The Morgan fingerprint density at radius 2 is 2.00 bits per heavy atom. The predicted molar refractivity (Wildman–Crippen MR) is 24.6 cm³/mol. The molecule has 0 aromatic heterocycles. The SMILES string of the molecule is [O]C(=O)CI. The number of alkyl halides is 1. The Labute approximate surface area is 43.3 Å². The van der Waals surface area contributed by atoms with Gasteiger partial charge in [0.05, 0.1) is 0 Å². The van der Waals surface area contributed by atoms with Crippen LogP contribution in [0, 0.1) is 0 Å². The zero-order valence-electron chi connectivity index (χ0n) is 2.40. The van der Waals surface area contributed by atoms with E-state index in [9.17, 15) is 9.90 Å². The molecule has 0 aliphatic heterocycles. The van der Waals surface area contributed by atoms with E-state index in [1.165, 1.54) is 0 Å². The number of hydrogen-bond acceptors (Lipinski definition) is 1. The lowest BCUT2D eigenvalue weighted by Gasteiger charge is -1.63. The van der Waals surface area contributed by atoms with Gasteiger partial charge in [-0.05, 0) is 0 Å². The molecule has 3 heteroatoms. The molecule has 0 spiro atoms. The van der Waals surface area contributed by atoms with Gasteiger partial charge in [0.25, 0.3) is 0 Å². The lowest BCUT2D eigenvalue weighted by molar-refractivity contribution is -0.139. The van der Waals surface area contributed by atoms with Crippen LogP contribution in [0.5, 0.6) is 0 Å². The summed E-state index contributed by atoms with van der Waals surface area (Å²) in [5.74, 6) is -1.01. The number of carbonyl (C=O) groups excluding carboxylic acids is 1. The van der Waals surface area contributed by atoms with Crippen molar-refractivity contribution in [3.63, 3.8) is 0 Å². The van der Waals surface area contributed by atoms with Crippen molar-refractivity contribution in [3.8, 4) is 0 Å². The van der Waals surface area contributed by atoms with Crippen LogP contribution in [0.25, 0.3) is 0 Å². The first-order chi connectivity index (χ1) is 2.27. The quantitative estimate of drug-likeness (QED) is 0.429. The second-order valence-corrected chi connectivity index (χ2v) is 1.27. The van der Waals surface area contributed by atoms with Crippen LogP contribution in [-0.4, -0.2) is 10.4 Å². The molecular weight excluding hydrogens is 183 g/mol. The summed E-state index contributed by atoms with van der Waals surface area (Å²) in [6.45, 7) is 0. The third kappa shape index (κ3) is 4.20. The average Bonchev–Trinajstić information content (AvgIpc) is 1.38. The summed E-state index contributed by atoms with van der Waals surface area (Å²) in [4.78, 5) is 9.25. The van der Waals surface area contributed by atoms with Crippen LogP contribution in [0.3, 0.4) is 0 Å². The summed E-state index contributed by atoms with van der Waals surface area (Å²) in [6, 6.07) is 0. The van der Waals surface area contributed by atoms with Gasteiger partial charge < -0.3 is 0 Å². The van der Waals surface area contributed by atoms with E-state index in [2.05, 4.69) is 0 Å². The molecule has 0 atom stereocenters. The molecule has 0 bridgehead atoms. The molecule has 0 aromatic carbocycles. The van der Waals surface area contributed by atoms with Gasteiger partial charge in [-0.1, -0.05) is 22.6 Å². The molecule has 0 unspecified atom stereocenters. The summed E-state index contributed by atoms with van der Waals surface area (Å²) < 4.78 is 0.0811. The number of halogens is 1. The molecular formula is C2H2IO2. The van der Waals surface area contributed by atoms with Crippen LogP contribution >= 0.6 is 22.6 Å². The molecule has 0 aliphatic rings. The zero-order chi connectivity index (χ0) is 4.28. The van der Waals surface area contributed by atoms with E-state index < -0.39 is 5.97 Å². The largest absolute Gasteiger partial charge is 0.365 e. The van der Waals surface area contributed by atoms with Gasteiger partial charge in [-0.15, -0.1) is 0 Å². The van der Waals surface area contributed by atoms with Crippen molar-refractivity contribution in [3.05, 3.63) is 0 Å². The van der Waals surface area contributed by atoms with Crippen molar-refractivity contribution < 1.29 is 9.90 Å². The van der Waals surface area contributed by atoms with Crippen LogP contribution in [0.1, 0.15) is 0 Å². The Kier molecular flexibility index (Phi) is 2.54. The third-order valence-electron chi connectivity index (χ3n) is 0.109. The van der Waals surface area contributed by atoms with Gasteiger partial charge in [-0.25, -0.2) is 9.90 Å². The van der Waals surface area contributed by atoms with Gasteiger partial charge in [-0.3, -0.25) is 0 Å². The summed E-state index contributed by atoms with van der Waals surface area (Å²) >= 11 is 1.72. The first kappa shape index (κ1) is 5.20. The lowest BCUT2D eigenvalue weighted by atomic mass is 10.9. The van der Waals surface area contributed by atoms with Gasteiger partial charge in [-0.2, -0.15) is 0 Å². The van der Waals surface area contributed by atoms with Crippen LogP contribution in [0.2, 0.25) is 0 Å². The molecule has 0 aromatic rings. The highest BCUT2D eigenvalue weighted by atomic mass is 127. The minimum atomic E-state index is -1.01. The second kappa shape index (κ2) is 2.44. The Bertz CT molecular complexity index is 42.9. The molecule has 0 fully saturated rings. The molecule has 1 radical (unpaired) electrons. The Morgan fingerprint density at radius 3 is 2.00 bits per heavy atom. The van der Waals surface area contributed by atoms with Gasteiger partial charge in [0.1, 0.15) is 4.43 Å². The van der Waals surface area contributed by atoms with E-state index in [-0.39, 0.29) is 4.43 Å². The van der Waals surface area contributed by atoms with E-state index in [0.717, 1.165) is 0 Å². The maximum absolute atomic E-state index is 9.25. The average molecular weight is 185 g/mol. The summed E-state index contributed by atoms with van der Waals surface area (Å²) in [5, 5.41) is 9.25. The molecule has 5 heavy (non-hydrogen) atoms. The number of hydrogen-bond donors (Lipinski definition) is 0. The Hall–Kier alpha value is 0.200. The van der Waals surface area contributed by atoms with E-state index in [1.54, 1.807) is 22.6 Å². The maximum Gasteiger partial charge on any atom is 0.365 e. The molecule has 0 aliphatic carbocycles. The summed E-state index contributed by atoms with van der Waals surface area (Å²) in [5.41, 5.74) is 0. The standard InChI is InChI=1S/C2H2IO2/c3-1-2(4)5/h1H2. The van der Waals surface area contributed by atoms with Crippen LogP contribution in [0.15, 0.2) is 0 Å². The van der Waals surface area contributed by atoms with Crippen molar-refractivity contribution in [1.29, 1.82) is 0 Å². The predicted octanol–water partition coefficient (Wildman–Crippen LogP) is 0.378. The Balaban J connectivity index is 2.85. The topological polar surface area (TPSA) is 37.0 Å². The fourth-order valence-electron chi connectivity index (χ4n) is 0. The van der Waals surface area contributed by atoms with Gasteiger partial charge >= 0.3 is 5.97 Å². The van der Waals surface area contributed by atoms with E-state index in [1.807, 2.05) is 0 Å². The summed E-state index contributed by atoms with van der Waals surface area (Å²) in [6.07, 6.45) is 0. The van der Waals surface area contributed by atoms with E-state index in [4.69, 9.17) is 0 Å². The number of rotatable bonds is 1. The minimum absolute atomic E-state index is 0.0811. The molecule has 0 saturated heterocycles. The molecule has 2 nitrogen and oxygen atoms in total. The molecule has 0 rings (SSSR count). The van der Waals surface area contributed by atoms with Crippen LogP contribution in [0.4, 0.5) is 0 Å². The third-order valence-corrected chi connectivity index (χ3v) is 0.732. The molecule has 0 saturated carbocycles. The molecule has 0 amide bonds. The minimum Gasteiger partial charge on any atom is -0.247 e.